The maximum Gasteiger partial charge on any atom is 0.191 e. The molecule has 2 aromatic heterocycles. The lowest BCUT2D eigenvalue weighted by molar-refractivity contribution is 0.571. The van der Waals surface area contributed by atoms with Crippen LogP contribution in [0.15, 0.2) is 28.7 Å². The van der Waals surface area contributed by atoms with Crippen LogP contribution in [0.4, 0.5) is 0 Å². The molecule has 0 aliphatic rings. The van der Waals surface area contributed by atoms with Crippen LogP contribution in [0.1, 0.15) is 44.0 Å². The van der Waals surface area contributed by atoms with Crippen molar-refractivity contribution in [3.8, 4) is 0 Å². The van der Waals surface area contributed by atoms with Crippen LogP contribution in [0, 0.1) is 0 Å². The van der Waals surface area contributed by atoms with E-state index in [9.17, 15) is 0 Å². The fourth-order valence-electron chi connectivity index (χ4n) is 2.10. The van der Waals surface area contributed by atoms with E-state index < -0.39 is 0 Å². The minimum absolute atomic E-state index is 0.0772. The first-order valence-corrected chi connectivity index (χ1v) is 9.71. The van der Waals surface area contributed by atoms with Crippen LogP contribution in [0.25, 0.3) is 0 Å². The van der Waals surface area contributed by atoms with Gasteiger partial charge in [-0.15, -0.1) is 11.3 Å². The summed E-state index contributed by atoms with van der Waals surface area (Å²) < 4.78 is 0. The van der Waals surface area contributed by atoms with E-state index in [4.69, 9.17) is 11.6 Å². The first-order chi connectivity index (χ1) is 11.9. The third-order valence-electron chi connectivity index (χ3n) is 3.53. The van der Waals surface area contributed by atoms with Crippen LogP contribution in [-0.4, -0.2) is 29.0 Å². The van der Waals surface area contributed by atoms with E-state index in [2.05, 4.69) is 58.7 Å². The van der Waals surface area contributed by atoms with Gasteiger partial charge in [0.15, 0.2) is 5.96 Å². The summed E-state index contributed by atoms with van der Waals surface area (Å²) in [7, 11) is 0. The topological polar surface area (TPSA) is 62.2 Å². The molecule has 0 bridgehead atoms. The van der Waals surface area contributed by atoms with E-state index in [0.29, 0.717) is 11.7 Å². The second-order valence-electron chi connectivity index (χ2n) is 6.74. The largest absolute Gasteiger partial charge is 0.357 e. The van der Waals surface area contributed by atoms with Gasteiger partial charge in [-0.2, -0.15) is 0 Å². The van der Waals surface area contributed by atoms with E-state index in [1.165, 1.54) is 0 Å². The van der Waals surface area contributed by atoms with Crippen LogP contribution in [0.2, 0.25) is 5.15 Å². The molecule has 0 saturated heterocycles. The van der Waals surface area contributed by atoms with Crippen LogP contribution in [0.5, 0.6) is 0 Å². The number of nitrogens with one attached hydrogen (secondary N) is 2. The molecule has 0 atom stereocenters. The van der Waals surface area contributed by atoms with Crippen molar-refractivity contribution in [3.63, 3.8) is 0 Å². The Labute approximate surface area is 159 Å². The molecule has 0 radical (unpaired) electrons. The van der Waals surface area contributed by atoms with E-state index in [1.807, 2.05) is 12.1 Å². The summed E-state index contributed by atoms with van der Waals surface area (Å²) in [6, 6.07) is 3.80. The lowest BCUT2D eigenvalue weighted by Crippen LogP contribution is -2.38. The van der Waals surface area contributed by atoms with Crippen molar-refractivity contribution in [1.82, 2.24) is 20.6 Å². The van der Waals surface area contributed by atoms with Gasteiger partial charge in [0, 0.05) is 30.1 Å². The highest BCUT2D eigenvalue weighted by molar-refractivity contribution is 7.09. The van der Waals surface area contributed by atoms with Crippen LogP contribution in [-0.2, 0) is 18.4 Å². The number of hydrogen-bond acceptors (Lipinski definition) is 4. The number of pyridine rings is 1. The Kier molecular flexibility index (Phi) is 7.20. The second kappa shape index (κ2) is 9.15. The number of guanidine groups is 1. The third kappa shape index (κ3) is 6.63. The Hall–Kier alpha value is -1.66. The summed E-state index contributed by atoms with van der Waals surface area (Å²) in [5, 5.41) is 10.3. The molecule has 0 aromatic carbocycles. The highest BCUT2D eigenvalue weighted by Gasteiger charge is 2.17. The molecule has 0 saturated carbocycles. The first kappa shape index (κ1) is 19.7. The Morgan fingerprint density at radius 1 is 1.28 bits per heavy atom. The molecule has 2 rings (SSSR count). The number of nitrogens with zero attached hydrogens (tertiary/aromatic N) is 3. The Bertz CT molecular complexity index is 688. The van der Waals surface area contributed by atoms with Crippen molar-refractivity contribution in [3.05, 3.63) is 45.1 Å². The fourth-order valence-corrected chi connectivity index (χ4v) is 3.15. The molecule has 0 aliphatic heterocycles. The van der Waals surface area contributed by atoms with E-state index in [0.717, 1.165) is 41.7 Å². The van der Waals surface area contributed by atoms with Crippen molar-refractivity contribution >= 4 is 28.9 Å². The lowest BCUT2D eigenvalue weighted by Gasteiger charge is -2.14. The van der Waals surface area contributed by atoms with Gasteiger partial charge in [-0.3, -0.25) is 0 Å². The zero-order chi connectivity index (χ0) is 18.3. The van der Waals surface area contributed by atoms with Crippen LogP contribution in [0.3, 0.4) is 0 Å². The maximum absolute atomic E-state index is 5.81. The van der Waals surface area contributed by atoms with Gasteiger partial charge in [0.2, 0.25) is 0 Å². The van der Waals surface area contributed by atoms with Gasteiger partial charge in [-0.05, 0) is 25.0 Å². The third-order valence-corrected chi connectivity index (χ3v) is 4.59. The molecule has 0 aliphatic carbocycles. The maximum atomic E-state index is 5.81. The molecule has 2 aromatic rings. The predicted molar refractivity (Wildman–Crippen MR) is 107 cm³/mol. The number of aliphatic imine (C=N–C) groups is 1. The minimum atomic E-state index is 0.0772. The lowest BCUT2D eigenvalue weighted by atomic mass is 9.93. The number of hydrogen-bond donors (Lipinski definition) is 2. The minimum Gasteiger partial charge on any atom is -0.357 e. The van der Waals surface area contributed by atoms with Crippen molar-refractivity contribution in [1.29, 1.82) is 0 Å². The van der Waals surface area contributed by atoms with E-state index >= 15 is 0 Å². The SMILES string of the molecule is CCNC(=NCc1nc(C(C)(C)C)cs1)NCCc1ccc(Cl)nc1. The van der Waals surface area contributed by atoms with Crippen molar-refractivity contribution in [2.24, 2.45) is 4.99 Å². The van der Waals surface area contributed by atoms with E-state index in [-0.39, 0.29) is 5.41 Å². The van der Waals surface area contributed by atoms with Gasteiger partial charge in [-0.25, -0.2) is 15.0 Å². The standard InChI is InChI=1S/C18H26ClN5S/c1-5-20-17(21-9-8-13-6-7-15(19)22-10-13)23-11-16-24-14(12-25-16)18(2,3)4/h6-7,10,12H,5,8-9,11H2,1-4H3,(H2,20,21,23). The number of halogens is 1. The molecular weight excluding hydrogens is 354 g/mol. The summed E-state index contributed by atoms with van der Waals surface area (Å²) >= 11 is 7.47. The summed E-state index contributed by atoms with van der Waals surface area (Å²) in [4.78, 5) is 13.4. The molecule has 0 fully saturated rings. The quantitative estimate of drug-likeness (QED) is 0.455. The van der Waals surface area contributed by atoms with Crippen LogP contribution >= 0.6 is 22.9 Å². The van der Waals surface area contributed by atoms with Gasteiger partial charge in [0.25, 0.3) is 0 Å². The first-order valence-electron chi connectivity index (χ1n) is 8.46. The summed E-state index contributed by atoms with van der Waals surface area (Å²) in [6.45, 7) is 10.8. The van der Waals surface area contributed by atoms with Crippen molar-refractivity contribution in [2.45, 2.75) is 46.1 Å². The average molecular weight is 380 g/mol. The Balaban J connectivity index is 1.89. The molecule has 2 N–H and O–H groups in total. The average Bonchev–Trinajstić information content (AvgIpc) is 3.04. The Morgan fingerprint density at radius 3 is 2.68 bits per heavy atom. The molecule has 25 heavy (non-hydrogen) atoms. The highest BCUT2D eigenvalue weighted by atomic mass is 35.5. The van der Waals surface area contributed by atoms with E-state index in [1.54, 1.807) is 17.5 Å². The van der Waals surface area contributed by atoms with Crippen molar-refractivity contribution < 1.29 is 0 Å². The fraction of sp³-hybridized carbons (Fsp3) is 0.500. The second-order valence-corrected chi connectivity index (χ2v) is 8.07. The van der Waals surface area contributed by atoms with Gasteiger partial charge >= 0.3 is 0 Å². The Morgan fingerprint density at radius 2 is 2.08 bits per heavy atom. The van der Waals surface area contributed by atoms with Gasteiger partial charge in [0.05, 0.1) is 12.2 Å². The predicted octanol–water partition coefficient (Wildman–Crippen LogP) is 3.79. The van der Waals surface area contributed by atoms with Gasteiger partial charge in [-0.1, -0.05) is 38.4 Å². The molecule has 2 heterocycles. The molecule has 0 spiro atoms. The molecule has 0 amide bonds. The zero-order valence-corrected chi connectivity index (χ0v) is 16.8. The zero-order valence-electron chi connectivity index (χ0n) is 15.3. The highest BCUT2D eigenvalue weighted by Crippen LogP contribution is 2.24. The monoisotopic (exact) mass is 379 g/mol. The number of aromatic nitrogens is 2. The summed E-state index contributed by atoms with van der Waals surface area (Å²) in [5.74, 6) is 0.803. The molecule has 7 heteroatoms. The summed E-state index contributed by atoms with van der Waals surface area (Å²) in [5.41, 5.74) is 2.34. The van der Waals surface area contributed by atoms with Gasteiger partial charge in [0.1, 0.15) is 10.2 Å². The molecular formula is C18H26ClN5S. The number of rotatable bonds is 6. The molecule has 0 unspecified atom stereocenters. The number of thiazole rings is 1. The van der Waals surface area contributed by atoms with Crippen molar-refractivity contribution in [2.75, 3.05) is 13.1 Å². The van der Waals surface area contributed by atoms with Crippen LogP contribution < -0.4 is 10.6 Å². The molecule has 5 nitrogen and oxygen atoms in total. The summed E-state index contributed by atoms with van der Waals surface area (Å²) in [6.07, 6.45) is 2.66. The normalized spacial score (nSPS) is 12.3. The smallest absolute Gasteiger partial charge is 0.191 e. The molecule has 136 valence electrons. The van der Waals surface area contributed by atoms with Gasteiger partial charge < -0.3 is 10.6 Å².